The van der Waals surface area contributed by atoms with Crippen LogP contribution in [0.2, 0.25) is 0 Å². The summed E-state index contributed by atoms with van der Waals surface area (Å²) in [5.41, 5.74) is 5.59. The first-order chi connectivity index (χ1) is 11.8. The lowest BCUT2D eigenvalue weighted by Gasteiger charge is -2.05. The Morgan fingerprint density at radius 3 is 1.71 bits per heavy atom. The van der Waals surface area contributed by atoms with Crippen LogP contribution in [0.4, 0.5) is 0 Å². The molecule has 0 N–H and O–H groups in total. The van der Waals surface area contributed by atoms with Gasteiger partial charge in [-0.3, -0.25) is 4.79 Å². The van der Waals surface area contributed by atoms with Crippen molar-refractivity contribution >= 4 is 5.97 Å². The summed E-state index contributed by atoms with van der Waals surface area (Å²) in [7, 11) is 0. The molecule has 0 saturated carbocycles. The first-order valence-corrected chi connectivity index (χ1v) is 9.65. The number of hydrogen-bond acceptors (Lipinski definition) is 2. The number of allylic oxidation sites excluding steroid dienone is 2. The predicted molar refractivity (Wildman–Crippen MR) is 103 cm³/mol. The molecule has 0 saturated heterocycles. The zero-order valence-electron chi connectivity index (χ0n) is 15.5. The van der Waals surface area contributed by atoms with E-state index in [-0.39, 0.29) is 5.97 Å². The molecule has 0 rings (SSSR count). The van der Waals surface area contributed by atoms with Crippen molar-refractivity contribution in [2.75, 3.05) is 6.61 Å². The van der Waals surface area contributed by atoms with Gasteiger partial charge in [0.15, 0.2) is 0 Å². The summed E-state index contributed by atoms with van der Waals surface area (Å²) in [4.78, 5) is 11.6. The van der Waals surface area contributed by atoms with E-state index < -0.39 is 0 Å². The minimum Gasteiger partial charge on any atom is -0.466 e. The molecule has 0 aromatic carbocycles. The number of unbranched alkanes of at least 4 members (excludes halogenated alkanes) is 11. The Morgan fingerprint density at radius 1 is 0.708 bits per heavy atom. The van der Waals surface area contributed by atoms with Crippen LogP contribution in [0.1, 0.15) is 89.9 Å². The van der Waals surface area contributed by atoms with Gasteiger partial charge in [0.2, 0.25) is 0 Å². The molecule has 0 aliphatic rings. The third-order valence-electron chi connectivity index (χ3n) is 4.02. The molecular formula is C22H36O2. The summed E-state index contributed by atoms with van der Waals surface area (Å²) in [6, 6.07) is 0. The van der Waals surface area contributed by atoms with Crippen LogP contribution < -0.4 is 0 Å². The Kier molecular flexibility index (Phi) is 18.3. The molecule has 0 unspecified atom stereocenters. The molecule has 24 heavy (non-hydrogen) atoms. The highest BCUT2D eigenvalue weighted by Gasteiger charge is 2.02. The number of carbonyl (C=O) groups excluding carboxylic acids is 1. The van der Waals surface area contributed by atoms with Crippen LogP contribution in [0.5, 0.6) is 0 Å². The SMILES string of the molecule is C=C=CCCCCCCCCOC(=O)CCCCCCCC=C=C. The summed E-state index contributed by atoms with van der Waals surface area (Å²) in [5.74, 6) is -0.0270. The fraction of sp³-hybridized carbons (Fsp3) is 0.682. The maximum Gasteiger partial charge on any atom is 0.305 e. The number of esters is 1. The van der Waals surface area contributed by atoms with Gasteiger partial charge in [0, 0.05) is 6.42 Å². The first-order valence-electron chi connectivity index (χ1n) is 9.65. The normalized spacial score (nSPS) is 9.83. The van der Waals surface area contributed by atoms with Gasteiger partial charge in [-0.05, 0) is 50.7 Å². The van der Waals surface area contributed by atoms with Crippen LogP contribution >= 0.6 is 0 Å². The lowest BCUT2D eigenvalue weighted by Crippen LogP contribution is -2.05. The molecule has 136 valence electrons. The van der Waals surface area contributed by atoms with Crippen molar-refractivity contribution in [1.29, 1.82) is 0 Å². The average Bonchev–Trinajstić information content (AvgIpc) is 2.59. The summed E-state index contributed by atoms with van der Waals surface area (Å²) in [6.45, 7) is 7.69. The van der Waals surface area contributed by atoms with E-state index in [0.29, 0.717) is 13.0 Å². The van der Waals surface area contributed by atoms with Gasteiger partial charge in [0.05, 0.1) is 6.61 Å². The molecule has 0 aromatic rings. The summed E-state index contributed by atoms with van der Waals surface area (Å²) < 4.78 is 5.28. The van der Waals surface area contributed by atoms with Crippen LogP contribution in [-0.2, 0) is 9.53 Å². The minimum absolute atomic E-state index is 0.0270. The molecule has 0 aromatic heterocycles. The van der Waals surface area contributed by atoms with Crippen molar-refractivity contribution in [2.24, 2.45) is 0 Å². The lowest BCUT2D eigenvalue weighted by atomic mass is 10.1. The highest BCUT2D eigenvalue weighted by atomic mass is 16.5. The fourth-order valence-electron chi connectivity index (χ4n) is 2.56. The average molecular weight is 333 g/mol. The van der Waals surface area contributed by atoms with Crippen molar-refractivity contribution in [3.8, 4) is 0 Å². The van der Waals surface area contributed by atoms with Gasteiger partial charge in [-0.2, -0.15) is 0 Å². The molecule has 0 radical (unpaired) electrons. The maximum absolute atomic E-state index is 11.6. The van der Waals surface area contributed by atoms with Crippen LogP contribution in [0.3, 0.4) is 0 Å². The van der Waals surface area contributed by atoms with Crippen LogP contribution in [0.25, 0.3) is 0 Å². The zero-order valence-corrected chi connectivity index (χ0v) is 15.5. The first kappa shape index (κ1) is 22.5. The van der Waals surface area contributed by atoms with Crippen LogP contribution in [0.15, 0.2) is 36.8 Å². The minimum atomic E-state index is -0.0270. The second kappa shape index (κ2) is 19.6. The van der Waals surface area contributed by atoms with E-state index in [0.717, 1.165) is 38.5 Å². The zero-order chi connectivity index (χ0) is 17.7. The van der Waals surface area contributed by atoms with E-state index in [9.17, 15) is 4.79 Å². The monoisotopic (exact) mass is 332 g/mol. The Morgan fingerprint density at radius 2 is 1.17 bits per heavy atom. The van der Waals surface area contributed by atoms with Crippen molar-refractivity contribution in [2.45, 2.75) is 89.9 Å². The molecule has 0 aliphatic carbocycles. The molecule has 0 amide bonds. The molecule has 0 heterocycles. The number of carbonyl (C=O) groups is 1. The topological polar surface area (TPSA) is 26.3 Å². The van der Waals surface area contributed by atoms with Gasteiger partial charge in [-0.1, -0.05) is 58.1 Å². The van der Waals surface area contributed by atoms with Gasteiger partial charge < -0.3 is 4.74 Å². The van der Waals surface area contributed by atoms with Crippen molar-refractivity contribution < 1.29 is 9.53 Å². The van der Waals surface area contributed by atoms with Crippen molar-refractivity contribution in [3.05, 3.63) is 36.8 Å². The summed E-state index contributed by atoms with van der Waals surface area (Å²) in [6.07, 6.45) is 19.5. The van der Waals surface area contributed by atoms with Crippen LogP contribution in [0, 0.1) is 0 Å². The smallest absolute Gasteiger partial charge is 0.305 e. The van der Waals surface area contributed by atoms with E-state index in [1.54, 1.807) is 0 Å². The summed E-state index contributed by atoms with van der Waals surface area (Å²) >= 11 is 0. The second-order valence-corrected chi connectivity index (χ2v) is 6.25. The highest BCUT2D eigenvalue weighted by Crippen LogP contribution is 2.09. The molecule has 0 bridgehead atoms. The Labute approximate surface area is 149 Å². The van der Waals surface area contributed by atoms with Gasteiger partial charge in [-0.25, -0.2) is 0 Å². The maximum atomic E-state index is 11.6. The molecule has 2 heteroatoms. The summed E-state index contributed by atoms with van der Waals surface area (Å²) in [5, 5.41) is 0. The van der Waals surface area contributed by atoms with E-state index in [2.05, 4.69) is 24.6 Å². The molecule has 0 atom stereocenters. The Bertz CT molecular complexity index is 385. The Hall–Kier alpha value is -1.49. The lowest BCUT2D eigenvalue weighted by molar-refractivity contribution is -0.143. The van der Waals surface area contributed by atoms with Gasteiger partial charge in [-0.15, -0.1) is 11.5 Å². The van der Waals surface area contributed by atoms with Gasteiger partial charge in [0.1, 0.15) is 0 Å². The van der Waals surface area contributed by atoms with E-state index >= 15 is 0 Å². The van der Waals surface area contributed by atoms with Gasteiger partial charge in [0.25, 0.3) is 0 Å². The largest absolute Gasteiger partial charge is 0.466 e. The van der Waals surface area contributed by atoms with E-state index in [4.69, 9.17) is 4.74 Å². The number of ether oxygens (including phenoxy) is 1. The number of rotatable bonds is 17. The quantitative estimate of drug-likeness (QED) is 0.169. The molecule has 0 spiro atoms. The third-order valence-corrected chi connectivity index (χ3v) is 4.02. The van der Waals surface area contributed by atoms with Crippen molar-refractivity contribution in [3.63, 3.8) is 0 Å². The van der Waals surface area contributed by atoms with Crippen molar-refractivity contribution in [1.82, 2.24) is 0 Å². The highest BCUT2D eigenvalue weighted by molar-refractivity contribution is 5.69. The molecule has 0 fully saturated rings. The third kappa shape index (κ3) is 18.6. The standard InChI is InChI=1S/C22H36O2/c1-3-5-7-9-11-13-15-17-19-21-24-22(23)20-18-16-14-12-10-8-6-4-2/h5-6H,1-2,7-21H2. The fourth-order valence-corrected chi connectivity index (χ4v) is 2.56. The molecular weight excluding hydrogens is 296 g/mol. The van der Waals surface area contributed by atoms with E-state index in [1.165, 1.54) is 44.9 Å². The second-order valence-electron chi connectivity index (χ2n) is 6.25. The molecule has 0 aliphatic heterocycles. The molecule has 2 nitrogen and oxygen atoms in total. The predicted octanol–water partition coefficient (Wildman–Crippen LogP) is 6.67. The van der Waals surface area contributed by atoms with E-state index in [1.807, 2.05) is 12.2 Å². The van der Waals surface area contributed by atoms with Gasteiger partial charge >= 0.3 is 5.97 Å². The number of hydrogen-bond donors (Lipinski definition) is 0. The van der Waals surface area contributed by atoms with Crippen LogP contribution in [-0.4, -0.2) is 12.6 Å². The Balaban J connectivity index is 3.20.